The van der Waals surface area contributed by atoms with Gasteiger partial charge in [0.25, 0.3) is 0 Å². The summed E-state index contributed by atoms with van der Waals surface area (Å²) < 4.78 is 5.20. The summed E-state index contributed by atoms with van der Waals surface area (Å²) in [6, 6.07) is 0. The number of ether oxygens (including phenoxy) is 1. The SMILES string of the molecule is COC(C)c1nc(CN(CCO)CCO)cs1. The Balaban J connectivity index is 2.56. The van der Waals surface area contributed by atoms with Gasteiger partial charge in [-0.1, -0.05) is 0 Å². The van der Waals surface area contributed by atoms with Gasteiger partial charge in [-0.25, -0.2) is 4.98 Å². The van der Waals surface area contributed by atoms with E-state index in [0.29, 0.717) is 19.6 Å². The lowest BCUT2D eigenvalue weighted by Gasteiger charge is -2.18. The van der Waals surface area contributed by atoms with Crippen LogP contribution in [0.1, 0.15) is 23.7 Å². The predicted molar refractivity (Wildman–Crippen MR) is 67.0 cm³/mol. The summed E-state index contributed by atoms with van der Waals surface area (Å²) in [5.74, 6) is 0. The molecule has 0 fully saturated rings. The third-order valence-electron chi connectivity index (χ3n) is 2.49. The third kappa shape index (κ3) is 4.69. The summed E-state index contributed by atoms with van der Waals surface area (Å²) in [4.78, 5) is 6.44. The Morgan fingerprint density at radius 3 is 2.59 bits per heavy atom. The molecule has 0 spiro atoms. The highest BCUT2D eigenvalue weighted by Crippen LogP contribution is 2.20. The summed E-state index contributed by atoms with van der Waals surface area (Å²) in [7, 11) is 1.66. The molecule has 0 amide bonds. The first kappa shape index (κ1) is 14.5. The van der Waals surface area contributed by atoms with Crippen molar-refractivity contribution in [1.82, 2.24) is 9.88 Å². The standard InChI is InChI=1S/C11H20N2O3S/c1-9(16-2)11-12-10(8-17-11)7-13(3-5-14)4-6-15/h8-9,14-15H,3-7H2,1-2H3. The number of hydrogen-bond acceptors (Lipinski definition) is 6. The number of nitrogens with zero attached hydrogens (tertiary/aromatic N) is 2. The topological polar surface area (TPSA) is 65.8 Å². The van der Waals surface area contributed by atoms with E-state index < -0.39 is 0 Å². The van der Waals surface area contributed by atoms with E-state index in [1.807, 2.05) is 17.2 Å². The molecule has 1 aromatic rings. The van der Waals surface area contributed by atoms with Crippen LogP contribution in [0.4, 0.5) is 0 Å². The van der Waals surface area contributed by atoms with Crippen molar-refractivity contribution >= 4 is 11.3 Å². The fourth-order valence-electron chi connectivity index (χ4n) is 1.46. The van der Waals surface area contributed by atoms with Crippen LogP contribution in [-0.4, -0.2) is 53.5 Å². The van der Waals surface area contributed by atoms with Crippen LogP contribution in [-0.2, 0) is 11.3 Å². The molecule has 1 atom stereocenters. The van der Waals surface area contributed by atoms with Crippen molar-refractivity contribution in [2.45, 2.75) is 19.6 Å². The molecule has 1 aromatic heterocycles. The van der Waals surface area contributed by atoms with Crippen molar-refractivity contribution in [1.29, 1.82) is 0 Å². The van der Waals surface area contributed by atoms with E-state index in [1.54, 1.807) is 18.4 Å². The van der Waals surface area contributed by atoms with E-state index in [1.165, 1.54) is 0 Å². The summed E-state index contributed by atoms with van der Waals surface area (Å²) >= 11 is 1.57. The molecule has 0 aliphatic carbocycles. The van der Waals surface area contributed by atoms with Gasteiger partial charge in [0, 0.05) is 32.1 Å². The van der Waals surface area contributed by atoms with Gasteiger partial charge in [0.1, 0.15) is 11.1 Å². The molecule has 2 N–H and O–H groups in total. The number of aromatic nitrogens is 1. The molecule has 17 heavy (non-hydrogen) atoms. The van der Waals surface area contributed by atoms with Crippen LogP contribution in [0.2, 0.25) is 0 Å². The highest BCUT2D eigenvalue weighted by atomic mass is 32.1. The van der Waals surface area contributed by atoms with Crippen LogP contribution in [0.3, 0.4) is 0 Å². The Morgan fingerprint density at radius 2 is 2.06 bits per heavy atom. The average molecular weight is 260 g/mol. The Morgan fingerprint density at radius 1 is 1.41 bits per heavy atom. The van der Waals surface area contributed by atoms with E-state index in [9.17, 15) is 0 Å². The minimum absolute atomic E-state index is 0.0119. The van der Waals surface area contributed by atoms with Crippen LogP contribution in [0.25, 0.3) is 0 Å². The van der Waals surface area contributed by atoms with Crippen LogP contribution >= 0.6 is 11.3 Å². The molecule has 0 radical (unpaired) electrons. The normalized spacial score (nSPS) is 13.2. The first-order valence-corrected chi connectivity index (χ1v) is 6.50. The number of methoxy groups -OCH3 is 1. The summed E-state index contributed by atoms with van der Waals surface area (Å²) in [5.41, 5.74) is 0.954. The van der Waals surface area contributed by atoms with E-state index in [-0.39, 0.29) is 19.3 Å². The van der Waals surface area contributed by atoms with E-state index in [4.69, 9.17) is 14.9 Å². The minimum atomic E-state index is 0.0119. The van der Waals surface area contributed by atoms with Gasteiger partial charge < -0.3 is 14.9 Å². The van der Waals surface area contributed by atoms with E-state index in [0.717, 1.165) is 10.7 Å². The second-order valence-electron chi connectivity index (χ2n) is 3.78. The molecule has 0 saturated carbocycles. The number of aliphatic hydroxyl groups is 2. The van der Waals surface area contributed by atoms with Crippen molar-refractivity contribution in [2.75, 3.05) is 33.4 Å². The molecule has 1 heterocycles. The zero-order valence-electron chi connectivity index (χ0n) is 10.3. The summed E-state index contributed by atoms with van der Waals surface area (Å²) in [6.45, 7) is 3.88. The van der Waals surface area contributed by atoms with E-state index >= 15 is 0 Å². The molecule has 0 bridgehead atoms. The number of rotatable bonds is 8. The first-order chi connectivity index (χ1) is 8.21. The maximum Gasteiger partial charge on any atom is 0.122 e. The molecule has 0 aliphatic rings. The van der Waals surface area contributed by atoms with Crippen LogP contribution < -0.4 is 0 Å². The maximum absolute atomic E-state index is 8.91. The fraction of sp³-hybridized carbons (Fsp3) is 0.727. The lowest BCUT2D eigenvalue weighted by molar-refractivity contribution is 0.118. The van der Waals surface area contributed by atoms with Gasteiger partial charge in [-0.3, -0.25) is 4.90 Å². The largest absolute Gasteiger partial charge is 0.395 e. The van der Waals surface area contributed by atoms with Gasteiger partial charge in [-0.2, -0.15) is 0 Å². The summed E-state index contributed by atoms with van der Waals surface area (Å²) in [5, 5.41) is 20.8. The number of hydrogen-bond donors (Lipinski definition) is 2. The lowest BCUT2D eigenvalue weighted by Crippen LogP contribution is -2.29. The minimum Gasteiger partial charge on any atom is -0.395 e. The second-order valence-corrected chi connectivity index (χ2v) is 4.67. The molecule has 1 rings (SSSR count). The Labute approximate surface area is 106 Å². The summed E-state index contributed by atoms with van der Waals surface area (Å²) in [6.07, 6.45) is 0.0119. The quantitative estimate of drug-likeness (QED) is 0.718. The highest BCUT2D eigenvalue weighted by Gasteiger charge is 2.11. The van der Waals surface area contributed by atoms with Crippen molar-refractivity contribution in [3.63, 3.8) is 0 Å². The van der Waals surface area contributed by atoms with Crippen LogP contribution in [0.5, 0.6) is 0 Å². The molecular formula is C11H20N2O3S. The Hall–Kier alpha value is -0.530. The highest BCUT2D eigenvalue weighted by molar-refractivity contribution is 7.09. The van der Waals surface area contributed by atoms with Crippen LogP contribution in [0.15, 0.2) is 5.38 Å². The van der Waals surface area contributed by atoms with Crippen molar-refractivity contribution < 1.29 is 14.9 Å². The first-order valence-electron chi connectivity index (χ1n) is 5.62. The van der Waals surface area contributed by atoms with Crippen molar-refractivity contribution in [2.24, 2.45) is 0 Å². The third-order valence-corrected chi connectivity index (χ3v) is 3.54. The van der Waals surface area contributed by atoms with E-state index in [2.05, 4.69) is 4.98 Å². The number of aliphatic hydroxyl groups excluding tert-OH is 2. The Bertz CT molecular complexity index is 313. The number of thiazole rings is 1. The Kier molecular flexibility index (Phi) is 6.61. The lowest BCUT2D eigenvalue weighted by atomic mass is 10.4. The zero-order chi connectivity index (χ0) is 12.7. The predicted octanol–water partition coefficient (Wildman–Crippen LogP) is 0.637. The van der Waals surface area contributed by atoms with Gasteiger partial charge in [-0.15, -0.1) is 11.3 Å². The van der Waals surface area contributed by atoms with Gasteiger partial charge in [-0.05, 0) is 6.92 Å². The fourth-order valence-corrected chi connectivity index (χ4v) is 2.31. The van der Waals surface area contributed by atoms with Crippen molar-refractivity contribution in [3.05, 3.63) is 16.1 Å². The monoisotopic (exact) mass is 260 g/mol. The van der Waals surface area contributed by atoms with Gasteiger partial charge in [0.15, 0.2) is 0 Å². The molecule has 0 aliphatic heterocycles. The molecule has 1 unspecified atom stereocenters. The van der Waals surface area contributed by atoms with Gasteiger partial charge in [0.05, 0.1) is 18.9 Å². The maximum atomic E-state index is 8.91. The van der Waals surface area contributed by atoms with Gasteiger partial charge >= 0.3 is 0 Å². The van der Waals surface area contributed by atoms with Crippen LogP contribution in [0, 0.1) is 0 Å². The molecule has 98 valence electrons. The average Bonchev–Trinajstić information content (AvgIpc) is 2.77. The van der Waals surface area contributed by atoms with Gasteiger partial charge in [0.2, 0.25) is 0 Å². The molecular weight excluding hydrogens is 240 g/mol. The smallest absolute Gasteiger partial charge is 0.122 e. The molecule has 0 saturated heterocycles. The molecule has 6 heteroatoms. The molecule has 0 aromatic carbocycles. The van der Waals surface area contributed by atoms with Crippen molar-refractivity contribution in [3.8, 4) is 0 Å². The second kappa shape index (κ2) is 7.73. The molecule has 5 nitrogen and oxygen atoms in total. The zero-order valence-corrected chi connectivity index (χ0v) is 11.1.